The van der Waals surface area contributed by atoms with Gasteiger partial charge in [0.25, 0.3) is 0 Å². The zero-order valence-electron chi connectivity index (χ0n) is 11.3. The van der Waals surface area contributed by atoms with Crippen LogP contribution in [0.25, 0.3) is 0 Å². The van der Waals surface area contributed by atoms with E-state index in [0.717, 1.165) is 17.0 Å². The Kier molecular flexibility index (Phi) is 4.58. The zero-order chi connectivity index (χ0) is 14.5. The first-order valence-electron chi connectivity index (χ1n) is 6.07. The molecule has 2 aromatic carbocycles. The number of hydrogen-bond acceptors (Lipinski definition) is 4. The van der Waals surface area contributed by atoms with Gasteiger partial charge in [0, 0.05) is 12.2 Å². The highest BCUT2D eigenvalue weighted by Crippen LogP contribution is 2.35. The molecule has 0 radical (unpaired) electrons. The number of phenols is 1. The van der Waals surface area contributed by atoms with Crippen molar-refractivity contribution in [2.24, 2.45) is 0 Å². The van der Waals surface area contributed by atoms with Gasteiger partial charge in [0.1, 0.15) is 5.75 Å². The third-order valence-corrected chi connectivity index (χ3v) is 3.18. The van der Waals surface area contributed by atoms with Gasteiger partial charge in [-0.25, -0.2) is 0 Å². The number of rotatable bonds is 5. The number of methoxy groups -OCH3 is 2. The van der Waals surface area contributed by atoms with Gasteiger partial charge in [-0.15, -0.1) is 0 Å². The predicted octanol–water partition coefficient (Wildman–Crippen LogP) is 3.67. The van der Waals surface area contributed by atoms with Crippen LogP contribution in [0.1, 0.15) is 5.56 Å². The number of hydrogen-bond donors (Lipinski definition) is 2. The van der Waals surface area contributed by atoms with Crippen LogP contribution < -0.4 is 14.8 Å². The zero-order valence-corrected chi connectivity index (χ0v) is 12.1. The quantitative estimate of drug-likeness (QED) is 0.883. The molecule has 0 amide bonds. The first-order valence-corrected chi connectivity index (χ1v) is 6.45. The SMILES string of the molecule is COc1ccc(NCc2cc(Cl)c(O)c(OC)c2)cc1. The Morgan fingerprint density at radius 1 is 1.10 bits per heavy atom. The summed E-state index contributed by atoms with van der Waals surface area (Å²) in [6, 6.07) is 11.1. The maximum absolute atomic E-state index is 9.67. The molecule has 2 rings (SSSR count). The summed E-state index contributed by atoms with van der Waals surface area (Å²) in [6.45, 7) is 0.572. The number of ether oxygens (including phenoxy) is 2. The van der Waals surface area contributed by atoms with E-state index in [-0.39, 0.29) is 10.8 Å². The molecule has 2 N–H and O–H groups in total. The number of anilines is 1. The van der Waals surface area contributed by atoms with E-state index in [2.05, 4.69) is 5.32 Å². The van der Waals surface area contributed by atoms with Crippen LogP contribution in [0.2, 0.25) is 5.02 Å². The fraction of sp³-hybridized carbons (Fsp3) is 0.200. The summed E-state index contributed by atoms with van der Waals surface area (Å²) in [5.74, 6) is 1.14. The summed E-state index contributed by atoms with van der Waals surface area (Å²) in [5, 5.41) is 13.2. The van der Waals surface area contributed by atoms with E-state index in [1.54, 1.807) is 19.2 Å². The maximum Gasteiger partial charge on any atom is 0.176 e. The Balaban J connectivity index is 2.08. The van der Waals surface area contributed by atoms with Gasteiger partial charge in [-0.1, -0.05) is 11.6 Å². The van der Waals surface area contributed by atoms with E-state index in [1.165, 1.54) is 7.11 Å². The highest BCUT2D eigenvalue weighted by molar-refractivity contribution is 6.32. The van der Waals surface area contributed by atoms with E-state index < -0.39 is 0 Å². The van der Waals surface area contributed by atoms with E-state index >= 15 is 0 Å². The summed E-state index contributed by atoms with van der Waals surface area (Å²) < 4.78 is 10.2. The predicted molar refractivity (Wildman–Crippen MR) is 80.0 cm³/mol. The van der Waals surface area contributed by atoms with Crippen molar-refractivity contribution in [1.29, 1.82) is 0 Å². The number of halogens is 1. The molecular formula is C15H16ClNO3. The molecule has 2 aromatic rings. The van der Waals surface area contributed by atoms with Gasteiger partial charge < -0.3 is 19.9 Å². The van der Waals surface area contributed by atoms with E-state index in [9.17, 15) is 5.11 Å². The lowest BCUT2D eigenvalue weighted by Gasteiger charge is -2.11. The summed E-state index contributed by atoms with van der Waals surface area (Å²) in [5.41, 5.74) is 1.88. The topological polar surface area (TPSA) is 50.7 Å². The van der Waals surface area contributed by atoms with Crippen molar-refractivity contribution in [3.63, 3.8) is 0 Å². The molecule has 0 bridgehead atoms. The summed E-state index contributed by atoms with van der Waals surface area (Å²) in [4.78, 5) is 0. The molecule has 0 atom stereocenters. The third kappa shape index (κ3) is 3.27. The van der Waals surface area contributed by atoms with Gasteiger partial charge in [-0.05, 0) is 42.0 Å². The van der Waals surface area contributed by atoms with E-state index in [1.807, 2.05) is 24.3 Å². The Hall–Kier alpha value is -2.07. The number of benzene rings is 2. The monoisotopic (exact) mass is 293 g/mol. The lowest BCUT2D eigenvalue weighted by Crippen LogP contribution is -2.00. The molecule has 20 heavy (non-hydrogen) atoms. The van der Waals surface area contributed by atoms with Crippen molar-refractivity contribution in [2.75, 3.05) is 19.5 Å². The van der Waals surface area contributed by atoms with Crippen molar-refractivity contribution in [2.45, 2.75) is 6.54 Å². The van der Waals surface area contributed by atoms with Crippen LogP contribution in [0, 0.1) is 0 Å². The van der Waals surface area contributed by atoms with Gasteiger partial charge in [-0.2, -0.15) is 0 Å². The van der Waals surface area contributed by atoms with Crippen LogP contribution in [-0.4, -0.2) is 19.3 Å². The van der Waals surface area contributed by atoms with Crippen molar-refractivity contribution in [3.05, 3.63) is 47.0 Å². The minimum Gasteiger partial charge on any atom is -0.503 e. The van der Waals surface area contributed by atoms with Gasteiger partial charge >= 0.3 is 0 Å². The minimum absolute atomic E-state index is 0.0395. The number of nitrogens with one attached hydrogen (secondary N) is 1. The Bertz CT molecular complexity index is 584. The number of aromatic hydroxyl groups is 1. The summed E-state index contributed by atoms with van der Waals surface area (Å²) >= 11 is 5.94. The molecule has 0 aromatic heterocycles. The molecule has 4 nitrogen and oxygen atoms in total. The van der Waals surface area contributed by atoms with Crippen LogP contribution >= 0.6 is 11.6 Å². The van der Waals surface area contributed by atoms with Crippen molar-refractivity contribution < 1.29 is 14.6 Å². The van der Waals surface area contributed by atoms with Crippen molar-refractivity contribution in [1.82, 2.24) is 0 Å². The van der Waals surface area contributed by atoms with Gasteiger partial charge in [0.05, 0.1) is 19.2 Å². The fourth-order valence-electron chi connectivity index (χ4n) is 1.80. The average molecular weight is 294 g/mol. The highest BCUT2D eigenvalue weighted by atomic mass is 35.5. The molecule has 0 aliphatic heterocycles. The Morgan fingerprint density at radius 2 is 1.80 bits per heavy atom. The molecule has 0 fully saturated rings. The second-order valence-electron chi connectivity index (χ2n) is 4.21. The van der Waals surface area contributed by atoms with E-state index in [0.29, 0.717) is 12.3 Å². The van der Waals surface area contributed by atoms with Gasteiger partial charge in [-0.3, -0.25) is 0 Å². The molecule has 5 heteroatoms. The highest BCUT2D eigenvalue weighted by Gasteiger charge is 2.08. The molecule has 106 valence electrons. The summed E-state index contributed by atoms with van der Waals surface area (Å²) in [6.07, 6.45) is 0. The van der Waals surface area contributed by atoms with Crippen molar-refractivity contribution >= 4 is 17.3 Å². The Morgan fingerprint density at radius 3 is 2.40 bits per heavy atom. The number of phenolic OH excluding ortho intramolecular Hbond substituents is 1. The van der Waals surface area contributed by atoms with Crippen LogP contribution in [0.5, 0.6) is 17.2 Å². The lowest BCUT2D eigenvalue weighted by atomic mass is 10.2. The second kappa shape index (κ2) is 6.39. The molecular weight excluding hydrogens is 278 g/mol. The Labute approximate surface area is 122 Å². The normalized spacial score (nSPS) is 10.2. The molecule has 0 saturated heterocycles. The minimum atomic E-state index is -0.0395. The first kappa shape index (κ1) is 14.3. The molecule has 0 aliphatic carbocycles. The molecule has 0 aliphatic rings. The second-order valence-corrected chi connectivity index (χ2v) is 4.62. The molecule has 0 spiro atoms. The van der Waals surface area contributed by atoms with Gasteiger partial charge in [0.2, 0.25) is 0 Å². The van der Waals surface area contributed by atoms with Crippen LogP contribution in [0.15, 0.2) is 36.4 Å². The summed E-state index contributed by atoms with van der Waals surface area (Å²) in [7, 11) is 3.12. The van der Waals surface area contributed by atoms with Crippen LogP contribution in [0.4, 0.5) is 5.69 Å². The van der Waals surface area contributed by atoms with Crippen molar-refractivity contribution in [3.8, 4) is 17.2 Å². The van der Waals surface area contributed by atoms with Crippen LogP contribution in [-0.2, 0) is 6.54 Å². The molecule has 0 unspecified atom stereocenters. The lowest BCUT2D eigenvalue weighted by molar-refractivity contribution is 0.373. The molecule has 0 saturated carbocycles. The maximum atomic E-state index is 9.67. The first-order chi connectivity index (χ1) is 9.63. The average Bonchev–Trinajstić information content (AvgIpc) is 2.48. The third-order valence-electron chi connectivity index (χ3n) is 2.89. The smallest absolute Gasteiger partial charge is 0.176 e. The standard InChI is InChI=1S/C15H16ClNO3/c1-19-12-5-3-11(4-6-12)17-9-10-7-13(16)15(18)14(8-10)20-2/h3-8,17-18H,9H2,1-2H3. The van der Waals surface area contributed by atoms with Gasteiger partial charge in [0.15, 0.2) is 11.5 Å². The van der Waals surface area contributed by atoms with Crippen LogP contribution in [0.3, 0.4) is 0 Å². The largest absolute Gasteiger partial charge is 0.503 e. The fourth-order valence-corrected chi connectivity index (χ4v) is 2.03. The van der Waals surface area contributed by atoms with E-state index in [4.69, 9.17) is 21.1 Å². The molecule has 0 heterocycles.